The molecular formula is C8H9N3O3S. The van der Waals surface area contributed by atoms with Gasteiger partial charge in [-0.25, -0.2) is 4.79 Å². The number of carbonyl (C=O) groups is 1. The third kappa shape index (κ3) is 1.78. The lowest BCUT2D eigenvalue weighted by Crippen LogP contribution is -2.30. The number of oxime groups is 1. The fourth-order valence-electron chi connectivity index (χ4n) is 1.29. The molecule has 0 aromatic carbocycles. The number of nitrogens with zero attached hydrogens (tertiary/aromatic N) is 2. The number of fused-ring (bicyclic) bond motifs is 1. The lowest BCUT2D eigenvalue weighted by atomic mass is 10.3. The van der Waals surface area contributed by atoms with E-state index in [4.69, 9.17) is 5.11 Å². The highest BCUT2D eigenvalue weighted by atomic mass is 32.2. The highest BCUT2D eigenvalue weighted by Gasteiger charge is 2.30. The molecule has 0 radical (unpaired) electrons. The summed E-state index contributed by atoms with van der Waals surface area (Å²) in [5.41, 5.74) is 0.355. The maximum Gasteiger partial charge on any atom is 0.360 e. The average molecular weight is 227 g/mol. The molecule has 2 rings (SSSR count). The molecule has 0 aliphatic carbocycles. The number of rotatable bonds is 3. The van der Waals surface area contributed by atoms with Crippen molar-refractivity contribution in [2.45, 2.75) is 5.50 Å². The number of hydrogen-bond donors (Lipinski definition) is 2. The molecule has 0 saturated heterocycles. The summed E-state index contributed by atoms with van der Waals surface area (Å²) in [6, 6.07) is 0. The predicted molar refractivity (Wildman–Crippen MR) is 55.7 cm³/mol. The molecular weight excluding hydrogens is 218 g/mol. The Balaban J connectivity index is 2.20. The van der Waals surface area contributed by atoms with Crippen LogP contribution in [0.1, 0.15) is 0 Å². The van der Waals surface area contributed by atoms with Gasteiger partial charge in [0.2, 0.25) is 5.71 Å². The van der Waals surface area contributed by atoms with Crippen LogP contribution in [0.15, 0.2) is 28.7 Å². The first kappa shape index (κ1) is 9.91. The van der Waals surface area contributed by atoms with Gasteiger partial charge in [0, 0.05) is 12.4 Å². The van der Waals surface area contributed by atoms with Crippen molar-refractivity contribution in [3.8, 4) is 0 Å². The van der Waals surface area contributed by atoms with Crippen molar-refractivity contribution in [3.63, 3.8) is 0 Å². The van der Waals surface area contributed by atoms with E-state index >= 15 is 0 Å². The largest absolute Gasteiger partial charge is 0.476 e. The van der Waals surface area contributed by atoms with E-state index in [0.29, 0.717) is 5.70 Å². The van der Waals surface area contributed by atoms with E-state index in [0.717, 1.165) is 0 Å². The number of aliphatic carboxylic acids is 1. The Kier molecular flexibility index (Phi) is 2.55. The first-order valence-corrected chi connectivity index (χ1v) is 5.09. The average Bonchev–Trinajstić information content (AvgIpc) is 2.72. The maximum absolute atomic E-state index is 10.9. The van der Waals surface area contributed by atoms with Crippen LogP contribution in [-0.4, -0.2) is 34.3 Å². The number of carboxylic acids is 1. The van der Waals surface area contributed by atoms with Crippen molar-refractivity contribution >= 4 is 23.4 Å². The molecule has 2 aliphatic rings. The normalized spacial score (nSPS) is 23.5. The molecule has 0 spiro atoms. The Hall–Kier alpha value is -1.63. The van der Waals surface area contributed by atoms with Gasteiger partial charge in [0.05, 0.1) is 5.70 Å². The zero-order chi connectivity index (χ0) is 10.8. The van der Waals surface area contributed by atoms with E-state index in [1.165, 1.54) is 7.11 Å². The lowest BCUT2D eigenvalue weighted by Gasteiger charge is -2.13. The van der Waals surface area contributed by atoms with E-state index in [1.807, 2.05) is 16.5 Å². The zero-order valence-corrected chi connectivity index (χ0v) is 8.69. The third-order valence-corrected chi connectivity index (χ3v) is 2.81. The van der Waals surface area contributed by atoms with Gasteiger partial charge < -0.3 is 20.2 Å². The fraction of sp³-hybridized carbons (Fsp3) is 0.250. The summed E-state index contributed by atoms with van der Waals surface area (Å²) >= 11 is 1.56. The van der Waals surface area contributed by atoms with Crippen molar-refractivity contribution in [3.05, 3.63) is 23.5 Å². The van der Waals surface area contributed by atoms with Gasteiger partial charge >= 0.3 is 5.97 Å². The van der Waals surface area contributed by atoms with Crippen molar-refractivity contribution < 1.29 is 14.7 Å². The van der Waals surface area contributed by atoms with Gasteiger partial charge in [-0.3, -0.25) is 0 Å². The van der Waals surface area contributed by atoms with Crippen LogP contribution in [0, 0.1) is 0 Å². The molecule has 2 aliphatic heterocycles. The smallest absolute Gasteiger partial charge is 0.360 e. The Labute approximate surface area is 90.3 Å². The summed E-state index contributed by atoms with van der Waals surface area (Å²) in [5.74, 6) is -1.12. The highest BCUT2D eigenvalue weighted by Crippen LogP contribution is 2.28. The Morgan fingerprint density at radius 2 is 2.60 bits per heavy atom. The molecule has 0 fully saturated rings. The van der Waals surface area contributed by atoms with Crippen LogP contribution in [0.2, 0.25) is 0 Å². The SMILES string of the molecule is CO/N=C(/C(=O)O)C1=CN2C=CS[C@H]2N1. The number of nitrogens with one attached hydrogen (secondary N) is 1. The van der Waals surface area contributed by atoms with E-state index in [1.54, 1.807) is 18.0 Å². The number of carboxylic acid groups (broad SMARTS) is 1. The Bertz CT molecular complexity index is 377. The molecule has 0 saturated carbocycles. The van der Waals surface area contributed by atoms with Crippen LogP contribution in [-0.2, 0) is 9.63 Å². The van der Waals surface area contributed by atoms with Gasteiger partial charge in [0.15, 0.2) is 5.50 Å². The Morgan fingerprint density at radius 3 is 3.20 bits per heavy atom. The Morgan fingerprint density at radius 1 is 1.80 bits per heavy atom. The monoisotopic (exact) mass is 227 g/mol. The molecule has 0 bridgehead atoms. The van der Waals surface area contributed by atoms with Crippen LogP contribution in [0.5, 0.6) is 0 Å². The molecule has 0 aromatic heterocycles. The second-order valence-corrected chi connectivity index (χ2v) is 3.83. The van der Waals surface area contributed by atoms with Crippen molar-refractivity contribution in [1.29, 1.82) is 0 Å². The molecule has 0 amide bonds. The summed E-state index contributed by atoms with van der Waals surface area (Å²) in [7, 11) is 1.31. The fourth-order valence-corrected chi connectivity index (χ4v) is 2.12. The first-order valence-electron chi connectivity index (χ1n) is 4.15. The predicted octanol–water partition coefficient (Wildman–Crippen LogP) is 0.322. The molecule has 0 aromatic rings. The van der Waals surface area contributed by atoms with Crippen molar-refractivity contribution in [2.24, 2.45) is 5.16 Å². The van der Waals surface area contributed by atoms with Gasteiger partial charge in [-0.2, -0.15) is 0 Å². The molecule has 7 heteroatoms. The summed E-state index contributed by atoms with van der Waals surface area (Å²) in [4.78, 5) is 17.2. The minimum absolute atomic E-state index is 0.0291. The summed E-state index contributed by atoms with van der Waals surface area (Å²) in [6.07, 6.45) is 3.55. The topological polar surface area (TPSA) is 74.2 Å². The second-order valence-electron chi connectivity index (χ2n) is 2.84. The lowest BCUT2D eigenvalue weighted by molar-refractivity contribution is -0.129. The maximum atomic E-state index is 10.9. The summed E-state index contributed by atoms with van der Waals surface area (Å²) in [6.45, 7) is 0. The van der Waals surface area contributed by atoms with E-state index < -0.39 is 5.97 Å². The molecule has 0 unspecified atom stereocenters. The third-order valence-electron chi connectivity index (χ3n) is 1.91. The zero-order valence-electron chi connectivity index (χ0n) is 7.88. The summed E-state index contributed by atoms with van der Waals surface area (Å²) in [5, 5.41) is 17.3. The van der Waals surface area contributed by atoms with Gasteiger partial charge in [0.1, 0.15) is 7.11 Å². The van der Waals surface area contributed by atoms with Crippen molar-refractivity contribution in [2.75, 3.05) is 7.11 Å². The van der Waals surface area contributed by atoms with Gasteiger partial charge in [-0.1, -0.05) is 16.9 Å². The first-order chi connectivity index (χ1) is 7.22. The van der Waals surface area contributed by atoms with Crippen molar-refractivity contribution in [1.82, 2.24) is 10.2 Å². The highest BCUT2D eigenvalue weighted by molar-refractivity contribution is 8.02. The van der Waals surface area contributed by atoms with Crippen LogP contribution >= 0.6 is 11.8 Å². The van der Waals surface area contributed by atoms with Gasteiger partial charge in [0.25, 0.3) is 0 Å². The summed E-state index contributed by atoms with van der Waals surface area (Å²) < 4.78 is 0. The van der Waals surface area contributed by atoms with E-state index in [-0.39, 0.29) is 11.2 Å². The van der Waals surface area contributed by atoms with Crippen LogP contribution < -0.4 is 5.32 Å². The molecule has 6 nitrogen and oxygen atoms in total. The molecule has 1 atom stereocenters. The molecule has 15 heavy (non-hydrogen) atoms. The molecule has 80 valence electrons. The van der Waals surface area contributed by atoms with Gasteiger partial charge in [-0.05, 0) is 5.41 Å². The van der Waals surface area contributed by atoms with Crippen LogP contribution in [0.3, 0.4) is 0 Å². The second kappa shape index (κ2) is 3.85. The van der Waals surface area contributed by atoms with Gasteiger partial charge in [-0.15, -0.1) is 0 Å². The number of thioether (sulfide) groups is 1. The number of hydrogen-bond acceptors (Lipinski definition) is 6. The molecule has 2 N–H and O–H groups in total. The van der Waals surface area contributed by atoms with Crippen LogP contribution in [0.4, 0.5) is 0 Å². The quantitative estimate of drug-likeness (QED) is 0.534. The van der Waals surface area contributed by atoms with E-state index in [2.05, 4.69) is 15.3 Å². The van der Waals surface area contributed by atoms with E-state index in [9.17, 15) is 4.79 Å². The molecule has 2 heterocycles. The minimum Gasteiger partial charge on any atom is -0.476 e. The van der Waals surface area contributed by atoms with Crippen LogP contribution in [0.25, 0.3) is 0 Å². The minimum atomic E-state index is -1.12. The standard InChI is InChI=1S/C8H9N3O3S/c1-14-10-6(7(12)13)5-4-11-2-3-15-8(11)9-5/h2-4,8-9H,1H3,(H,12,13)/b10-6+/t8-/m0/s1.